The van der Waals surface area contributed by atoms with E-state index in [-0.39, 0.29) is 17.1 Å². The van der Waals surface area contributed by atoms with Gasteiger partial charge in [0, 0.05) is 5.69 Å². The summed E-state index contributed by atoms with van der Waals surface area (Å²) in [5.74, 6) is -2.50. The minimum absolute atomic E-state index is 0.0183. The second kappa shape index (κ2) is 6.61. The molecule has 0 radical (unpaired) electrons. The van der Waals surface area contributed by atoms with Gasteiger partial charge in [0.15, 0.2) is 0 Å². The van der Waals surface area contributed by atoms with Crippen molar-refractivity contribution < 1.29 is 27.9 Å². The lowest BCUT2D eigenvalue weighted by Crippen LogP contribution is -2.29. The Kier molecular flexibility index (Phi) is 4.77. The topological polar surface area (TPSA) is 78.4 Å². The molecule has 2 amide bonds. The summed E-state index contributed by atoms with van der Waals surface area (Å²) in [4.78, 5) is 23.5. The number of hydrogen-bond donors (Lipinski definition) is 3. The molecule has 0 bridgehead atoms. The standard InChI is InChI=1S/C16H13F3N2O3/c1-9-5-6-12(13(22)7-9)21-15(24)14(23)20-11-4-2-3-10(8-11)16(17,18)19/h2-8,22H,1H3,(H,20,23)(H,21,24). The first-order chi connectivity index (χ1) is 11.2. The van der Waals surface area contributed by atoms with Crippen molar-refractivity contribution in [2.75, 3.05) is 10.6 Å². The highest BCUT2D eigenvalue weighted by Gasteiger charge is 2.30. The van der Waals surface area contributed by atoms with Crippen LogP contribution in [-0.2, 0) is 15.8 Å². The number of phenolic OH excluding ortho intramolecular Hbond substituents is 1. The van der Waals surface area contributed by atoms with Crippen LogP contribution < -0.4 is 10.6 Å². The monoisotopic (exact) mass is 338 g/mol. The number of benzene rings is 2. The molecule has 5 nitrogen and oxygen atoms in total. The van der Waals surface area contributed by atoms with E-state index in [1.165, 1.54) is 18.2 Å². The molecule has 0 aromatic heterocycles. The highest BCUT2D eigenvalue weighted by molar-refractivity contribution is 6.43. The van der Waals surface area contributed by atoms with E-state index in [4.69, 9.17) is 0 Å². The molecule has 3 N–H and O–H groups in total. The van der Waals surface area contributed by atoms with Gasteiger partial charge >= 0.3 is 18.0 Å². The molecule has 0 aliphatic carbocycles. The lowest BCUT2D eigenvalue weighted by Gasteiger charge is -2.10. The van der Waals surface area contributed by atoms with E-state index >= 15 is 0 Å². The van der Waals surface area contributed by atoms with Crippen molar-refractivity contribution in [3.05, 3.63) is 53.6 Å². The van der Waals surface area contributed by atoms with Gasteiger partial charge in [0.05, 0.1) is 11.3 Å². The summed E-state index contributed by atoms with van der Waals surface area (Å²) in [6.07, 6.45) is -4.56. The Balaban J connectivity index is 2.08. The SMILES string of the molecule is Cc1ccc(NC(=O)C(=O)Nc2cccc(C(F)(F)F)c2)c(O)c1. The first kappa shape index (κ1) is 17.3. The molecule has 2 aromatic carbocycles. The Bertz CT molecular complexity index is 788. The van der Waals surface area contributed by atoms with Crippen molar-refractivity contribution in [1.82, 2.24) is 0 Å². The third-order valence-electron chi connectivity index (χ3n) is 3.06. The molecule has 0 aliphatic heterocycles. The van der Waals surface area contributed by atoms with E-state index in [0.717, 1.165) is 17.7 Å². The Hall–Kier alpha value is -3.03. The molecule has 24 heavy (non-hydrogen) atoms. The van der Waals surface area contributed by atoms with Crippen LogP contribution in [0.2, 0.25) is 0 Å². The van der Waals surface area contributed by atoms with Gasteiger partial charge in [-0.05, 0) is 42.8 Å². The number of aromatic hydroxyl groups is 1. The van der Waals surface area contributed by atoms with Crippen LogP contribution in [0.4, 0.5) is 24.5 Å². The van der Waals surface area contributed by atoms with E-state index in [1.54, 1.807) is 13.0 Å². The molecular weight excluding hydrogens is 325 g/mol. The Morgan fingerprint density at radius 1 is 1.00 bits per heavy atom. The highest BCUT2D eigenvalue weighted by Crippen LogP contribution is 2.30. The maximum atomic E-state index is 12.6. The van der Waals surface area contributed by atoms with Crippen LogP contribution >= 0.6 is 0 Å². The van der Waals surface area contributed by atoms with Gasteiger partial charge in [-0.3, -0.25) is 9.59 Å². The zero-order chi connectivity index (χ0) is 17.9. The second-order valence-corrected chi connectivity index (χ2v) is 5.01. The molecule has 0 unspecified atom stereocenters. The first-order valence-electron chi connectivity index (χ1n) is 6.76. The van der Waals surface area contributed by atoms with Crippen LogP contribution in [0.15, 0.2) is 42.5 Å². The molecule has 0 aliphatic rings. The van der Waals surface area contributed by atoms with Crippen molar-refractivity contribution in [3.63, 3.8) is 0 Å². The smallest absolute Gasteiger partial charge is 0.416 e. The fraction of sp³-hybridized carbons (Fsp3) is 0.125. The van der Waals surface area contributed by atoms with Crippen molar-refractivity contribution in [3.8, 4) is 5.75 Å². The summed E-state index contributed by atoms with van der Waals surface area (Å²) in [7, 11) is 0. The number of halogens is 3. The van der Waals surface area contributed by atoms with Crippen LogP contribution in [0.3, 0.4) is 0 Å². The quantitative estimate of drug-likeness (QED) is 0.581. The fourth-order valence-electron chi connectivity index (χ4n) is 1.89. The third-order valence-corrected chi connectivity index (χ3v) is 3.06. The summed E-state index contributed by atoms with van der Waals surface area (Å²) in [5, 5.41) is 13.9. The molecule has 0 saturated carbocycles. The number of amides is 2. The van der Waals surface area contributed by atoms with Gasteiger partial charge in [-0.1, -0.05) is 12.1 Å². The molecule has 0 heterocycles. The van der Waals surface area contributed by atoms with Gasteiger partial charge in [0.25, 0.3) is 0 Å². The maximum Gasteiger partial charge on any atom is 0.416 e. The van der Waals surface area contributed by atoms with Crippen LogP contribution in [-0.4, -0.2) is 16.9 Å². The molecule has 2 rings (SSSR count). The Labute approximate surface area is 135 Å². The number of carbonyl (C=O) groups is 2. The number of phenols is 1. The number of alkyl halides is 3. The molecule has 126 valence electrons. The number of rotatable bonds is 2. The van der Waals surface area contributed by atoms with Gasteiger partial charge < -0.3 is 15.7 Å². The first-order valence-corrected chi connectivity index (χ1v) is 6.76. The minimum atomic E-state index is -4.56. The minimum Gasteiger partial charge on any atom is -0.506 e. The summed E-state index contributed by atoms with van der Waals surface area (Å²) >= 11 is 0. The Morgan fingerprint density at radius 2 is 1.67 bits per heavy atom. The van der Waals surface area contributed by atoms with Gasteiger partial charge in [0.1, 0.15) is 5.75 Å². The lowest BCUT2D eigenvalue weighted by molar-refractivity contribution is -0.137. The third kappa shape index (κ3) is 4.25. The molecule has 0 spiro atoms. The summed E-state index contributed by atoms with van der Waals surface area (Å²) in [6.45, 7) is 1.73. The predicted molar refractivity (Wildman–Crippen MR) is 81.5 cm³/mol. The highest BCUT2D eigenvalue weighted by atomic mass is 19.4. The number of aryl methyl sites for hydroxylation is 1. The molecule has 2 aromatic rings. The molecular formula is C16H13F3N2O3. The average Bonchev–Trinajstić information content (AvgIpc) is 2.49. The lowest BCUT2D eigenvalue weighted by atomic mass is 10.2. The van der Waals surface area contributed by atoms with Gasteiger partial charge in [-0.2, -0.15) is 13.2 Å². The second-order valence-electron chi connectivity index (χ2n) is 5.01. The predicted octanol–water partition coefficient (Wildman–Crippen LogP) is 3.30. The molecule has 0 fully saturated rings. The van der Waals surface area contributed by atoms with E-state index in [1.807, 2.05) is 0 Å². The van der Waals surface area contributed by atoms with E-state index < -0.39 is 23.6 Å². The van der Waals surface area contributed by atoms with Crippen LogP contribution in [0.25, 0.3) is 0 Å². The van der Waals surface area contributed by atoms with Crippen molar-refractivity contribution >= 4 is 23.2 Å². The van der Waals surface area contributed by atoms with Crippen LogP contribution in [0.5, 0.6) is 5.75 Å². The largest absolute Gasteiger partial charge is 0.506 e. The van der Waals surface area contributed by atoms with Gasteiger partial charge in [-0.25, -0.2) is 0 Å². The summed E-state index contributed by atoms with van der Waals surface area (Å²) < 4.78 is 37.8. The molecule has 0 saturated heterocycles. The maximum absolute atomic E-state index is 12.6. The number of anilines is 2. The molecule has 8 heteroatoms. The van der Waals surface area contributed by atoms with E-state index in [0.29, 0.717) is 6.07 Å². The van der Waals surface area contributed by atoms with Gasteiger partial charge in [-0.15, -0.1) is 0 Å². The molecule has 0 atom stereocenters. The van der Waals surface area contributed by atoms with Crippen molar-refractivity contribution in [1.29, 1.82) is 0 Å². The van der Waals surface area contributed by atoms with Crippen LogP contribution in [0, 0.1) is 6.92 Å². The number of carbonyl (C=O) groups excluding carboxylic acids is 2. The van der Waals surface area contributed by atoms with E-state index in [9.17, 15) is 27.9 Å². The van der Waals surface area contributed by atoms with Crippen molar-refractivity contribution in [2.45, 2.75) is 13.1 Å². The zero-order valence-electron chi connectivity index (χ0n) is 12.4. The van der Waals surface area contributed by atoms with E-state index in [2.05, 4.69) is 10.6 Å². The zero-order valence-corrected chi connectivity index (χ0v) is 12.4. The number of nitrogens with one attached hydrogen (secondary N) is 2. The summed E-state index contributed by atoms with van der Waals surface area (Å²) in [6, 6.07) is 8.31. The van der Waals surface area contributed by atoms with Crippen molar-refractivity contribution in [2.24, 2.45) is 0 Å². The summed E-state index contributed by atoms with van der Waals surface area (Å²) in [5.41, 5.74) is -0.348. The Morgan fingerprint density at radius 3 is 2.29 bits per heavy atom. The number of hydrogen-bond acceptors (Lipinski definition) is 3. The van der Waals surface area contributed by atoms with Crippen LogP contribution in [0.1, 0.15) is 11.1 Å². The average molecular weight is 338 g/mol. The fourth-order valence-corrected chi connectivity index (χ4v) is 1.89. The normalized spacial score (nSPS) is 11.0. The van der Waals surface area contributed by atoms with Gasteiger partial charge in [0.2, 0.25) is 0 Å².